The van der Waals surface area contributed by atoms with Crippen LogP contribution in [0, 0.1) is 0 Å². The van der Waals surface area contributed by atoms with E-state index in [9.17, 15) is 0 Å². The molecule has 0 spiro atoms. The lowest BCUT2D eigenvalue weighted by atomic mass is 10.2. The number of nitrogens with zero attached hydrogens (tertiary/aromatic N) is 1. The van der Waals surface area contributed by atoms with Crippen molar-refractivity contribution in [2.45, 2.75) is 6.61 Å². The number of rotatable bonds is 1. The Bertz CT molecular complexity index is 445. The zero-order valence-corrected chi connectivity index (χ0v) is 7.49. The van der Waals surface area contributed by atoms with E-state index >= 15 is 0 Å². The topological polar surface area (TPSA) is 51.2 Å². The Morgan fingerprint density at radius 3 is 2.85 bits per heavy atom. The van der Waals surface area contributed by atoms with Gasteiger partial charge in [0.25, 0.3) is 0 Å². The Labute approximate surface area is 76.4 Å². The monoisotopic (exact) mass is 176 g/mol. The fraction of sp³-hybridized carbons (Fsp3) is 0.200. The number of aliphatic hydroxyl groups is 1. The quantitative estimate of drug-likeness (QED) is 0.642. The van der Waals surface area contributed by atoms with Crippen LogP contribution in [0.5, 0.6) is 0 Å². The van der Waals surface area contributed by atoms with Gasteiger partial charge in [0.05, 0.1) is 17.8 Å². The van der Waals surface area contributed by atoms with Gasteiger partial charge in [-0.1, -0.05) is 12.1 Å². The molecule has 1 heterocycles. The lowest BCUT2D eigenvalue weighted by Gasteiger charge is -2.02. The minimum Gasteiger partial charge on any atom is -0.397 e. The molecule has 0 fully saturated rings. The number of aromatic nitrogens is 1. The molecule has 0 unspecified atom stereocenters. The Balaban J connectivity index is 2.85. The highest BCUT2D eigenvalue weighted by Crippen LogP contribution is 2.23. The number of aryl methyl sites for hydroxylation is 1. The zero-order valence-electron chi connectivity index (χ0n) is 7.49. The summed E-state index contributed by atoms with van der Waals surface area (Å²) in [6.07, 6.45) is 0. The van der Waals surface area contributed by atoms with Crippen LogP contribution >= 0.6 is 0 Å². The average Bonchev–Trinajstić information content (AvgIpc) is 2.44. The van der Waals surface area contributed by atoms with Gasteiger partial charge in [-0.2, -0.15) is 0 Å². The van der Waals surface area contributed by atoms with Crippen LogP contribution in [0.2, 0.25) is 0 Å². The summed E-state index contributed by atoms with van der Waals surface area (Å²) in [5, 5.41) is 10.1. The van der Waals surface area contributed by atoms with Gasteiger partial charge in [0.2, 0.25) is 0 Å². The number of anilines is 1. The molecule has 0 bridgehead atoms. The van der Waals surface area contributed by atoms with Gasteiger partial charge in [-0.05, 0) is 12.1 Å². The summed E-state index contributed by atoms with van der Waals surface area (Å²) in [5.74, 6) is 0. The van der Waals surface area contributed by atoms with Gasteiger partial charge in [0.1, 0.15) is 0 Å². The maximum absolute atomic E-state index is 9.05. The highest BCUT2D eigenvalue weighted by molar-refractivity contribution is 5.91. The third-order valence-electron chi connectivity index (χ3n) is 2.35. The van der Waals surface area contributed by atoms with Crippen molar-refractivity contribution in [3.8, 4) is 0 Å². The molecule has 68 valence electrons. The summed E-state index contributed by atoms with van der Waals surface area (Å²) in [7, 11) is 1.91. The molecule has 3 heteroatoms. The number of fused-ring (bicyclic) bond motifs is 1. The second-order valence-electron chi connectivity index (χ2n) is 3.14. The molecule has 13 heavy (non-hydrogen) atoms. The molecule has 1 aromatic heterocycles. The molecular formula is C10H12N2O. The summed E-state index contributed by atoms with van der Waals surface area (Å²) in [5.41, 5.74) is 8.45. The molecule has 2 rings (SSSR count). The molecule has 0 amide bonds. The van der Waals surface area contributed by atoms with Gasteiger partial charge in [-0.15, -0.1) is 0 Å². The van der Waals surface area contributed by atoms with Crippen molar-refractivity contribution in [3.63, 3.8) is 0 Å². The standard InChI is InChI=1S/C10H12N2O/c1-12-8(6-13)5-7-3-2-4-9(11)10(7)12/h2-5,13H,6,11H2,1H3. The Hall–Kier alpha value is -1.48. The van der Waals surface area contributed by atoms with Crippen molar-refractivity contribution in [3.05, 3.63) is 30.0 Å². The fourth-order valence-corrected chi connectivity index (χ4v) is 1.66. The summed E-state index contributed by atoms with van der Waals surface area (Å²) in [6.45, 7) is 0.0462. The van der Waals surface area contributed by atoms with Gasteiger partial charge >= 0.3 is 0 Å². The van der Waals surface area contributed by atoms with Crippen molar-refractivity contribution in [1.29, 1.82) is 0 Å². The summed E-state index contributed by atoms with van der Waals surface area (Å²) < 4.78 is 1.92. The number of benzene rings is 1. The first-order chi connectivity index (χ1) is 6.24. The zero-order chi connectivity index (χ0) is 9.42. The number of nitrogen functional groups attached to an aromatic ring is 1. The Kier molecular flexibility index (Phi) is 1.74. The normalized spacial score (nSPS) is 10.9. The molecule has 0 atom stereocenters. The fourth-order valence-electron chi connectivity index (χ4n) is 1.66. The van der Waals surface area contributed by atoms with E-state index in [1.54, 1.807) is 0 Å². The van der Waals surface area contributed by atoms with Crippen LogP contribution in [-0.2, 0) is 13.7 Å². The first-order valence-electron chi connectivity index (χ1n) is 4.17. The summed E-state index contributed by atoms with van der Waals surface area (Å²) in [6, 6.07) is 7.72. The third-order valence-corrected chi connectivity index (χ3v) is 2.35. The van der Waals surface area contributed by atoms with Crippen LogP contribution in [0.3, 0.4) is 0 Å². The van der Waals surface area contributed by atoms with Gasteiger partial charge in [-0.25, -0.2) is 0 Å². The first kappa shape index (κ1) is 8.13. The predicted molar refractivity (Wildman–Crippen MR) is 53.3 cm³/mol. The predicted octanol–water partition coefficient (Wildman–Crippen LogP) is 1.25. The maximum atomic E-state index is 9.05. The van der Waals surface area contributed by atoms with E-state index in [-0.39, 0.29) is 6.61 Å². The van der Waals surface area contributed by atoms with Crippen molar-refractivity contribution in [1.82, 2.24) is 4.57 Å². The van der Waals surface area contributed by atoms with Crippen LogP contribution in [0.15, 0.2) is 24.3 Å². The smallest absolute Gasteiger partial charge is 0.0833 e. The van der Waals surface area contributed by atoms with Gasteiger partial charge in [0.15, 0.2) is 0 Å². The molecule has 0 aliphatic carbocycles. The van der Waals surface area contributed by atoms with Crippen LogP contribution in [0.1, 0.15) is 5.69 Å². The number of hydrogen-bond acceptors (Lipinski definition) is 2. The van der Waals surface area contributed by atoms with E-state index in [1.807, 2.05) is 35.9 Å². The Morgan fingerprint density at radius 2 is 2.23 bits per heavy atom. The highest BCUT2D eigenvalue weighted by atomic mass is 16.3. The van der Waals surface area contributed by atoms with Gasteiger partial charge in [0, 0.05) is 18.1 Å². The molecule has 0 radical (unpaired) electrons. The highest BCUT2D eigenvalue weighted by Gasteiger charge is 2.06. The van der Waals surface area contributed by atoms with E-state index in [0.29, 0.717) is 0 Å². The number of hydrogen-bond donors (Lipinski definition) is 2. The Morgan fingerprint density at radius 1 is 1.46 bits per heavy atom. The number of aliphatic hydroxyl groups excluding tert-OH is 1. The van der Waals surface area contributed by atoms with Gasteiger partial charge in [-0.3, -0.25) is 0 Å². The second kappa shape index (κ2) is 2.78. The molecule has 0 saturated heterocycles. The average molecular weight is 176 g/mol. The molecule has 3 nitrogen and oxygen atoms in total. The van der Waals surface area contributed by atoms with Crippen LogP contribution in [0.4, 0.5) is 5.69 Å². The van der Waals surface area contributed by atoms with E-state index < -0.39 is 0 Å². The summed E-state index contributed by atoms with van der Waals surface area (Å²) in [4.78, 5) is 0. The molecular weight excluding hydrogens is 164 g/mol. The van der Waals surface area contributed by atoms with Crippen LogP contribution in [-0.4, -0.2) is 9.67 Å². The maximum Gasteiger partial charge on any atom is 0.0833 e. The minimum absolute atomic E-state index is 0.0462. The van der Waals surface area contributed by atoms with E-state index in [1.165, 1.54) is 0 Å². The van der Waals surface area contributed by atoms with Crippen molar-refractivity contribution >= 4 is 16.6 Å². The van der Waals surface area contributed by atoms with Crippen LogP contribution in [0.25, 0.3) is 10.9 Å². The largest absolute Gasteiger partial charge is 0.397 e. The van der Waals surface area contributed by atoms with Crippen LogP contribution < -0.4 is 5.73 Å². The van der Waals surface area contributed by atoms with Crippen molar-refractivity contribution in [2.75, 3.05) is 5.73 Å². The lowest BCUT2D eigenvalue weighted by molar-refractivity contribution is 0.273. The van der Waals surface area contributed by atoms with Gasteiger partial charge < -0.3 is 15.4 Å². The first-order valence-corrected chi connectivity index (χ1v) is 4.17. The molecule has 2 aromatic rings. The SMILES string of the molecule is Cn1c(CO)cc2cccc(N)c21. The lowest BCUT2D eigenvalue weighted by Crippen LogP contribution is -1.97. The molecule has 0 saturated carbocycles. The number of nitrogens with two attached hydrogens (primary N) is 1. The van der Waals surface area contributed by atoms with E-state index in [4.69, 9.17) is 10.8 Å². The molecule has 0 aliphatic heterocycles. The van der Waals surface area contributed by atoms with Crippen molar-refractivity contribution < 1.29 is 5.11 Å². The summed E-state index contributed by atoms with van der Waals surface area (Å²) >= 11 is 0. The molecule has 0 aliphatic rings. The van der Waals surface area contributed by atoms with E-state index in [0.717, 1.165) is 22.3 Å². The second-order valence-corrected chi connectivity index (χ2v) is 3.14. The number of para-hydroxylation sites is 1. The van der Waals surface area contributed by atoms with Crippen molar-refractivity contribution in [2.24, 2.45) is 7.05 Å². The molecule has 1 aromatic carbocycles. The molecule has 3 N–H and O–H groups in total. The van der Waals surface area contributed by atoms with E-state index in [2.05, 4.69) is 0 Å². The third kappa shape index (κ3) is 1.09. The minimum atomic E-state index is 0.0462.